The molecular weight excluding hydrogens is 456 g/mol. The Bertz CT molecular complexity index is 1230. The van der Waals surface area contributed by atoms with Gasteiger partial charge in [-0.2, -0.15) is 0 Å². The topological polar surface area (TPSA) is 89.5 Å². The van der Waals surface area contributed by atoms with Crippen LogP contribution in [0.15, 0.2) is 52.9 Å². The molecule has 3 fully saturated rings. The summed E-state index contributed by atoms with van der Waals surface area (Å²) in [5.41, 5.74) is 6.78. The van der Waals surface area contributed by atoms with E-state index in [0.29, 0.717) is 24.9 Å². The maximum absolute atomic E-state index is 6.06. The second-order valence-corrected chi connectivity index (χ2v) is 10.5. The summed E-state index contributed by atoms with van der Waals surface area (Å²) in [7, 11) is 4.40. The minimum Gasteiger partial charge on any atom is -0.471 e. The fourth-order valence-corrected chi connectivity index (χ4v) is 6.22. The molecule has 3 unspecified atom stereocenters. The average molecular weight is 489 g/mol. The molecule has 5 aliphatic rings. The van der Waals surface area contributed by atoms with Crippen LogP contribution < -0.4 is 30.7 Å². The molecule has 10 heteroatoms. The second kappa shape index (κ2) is 8.01. The van der Waals surface area contributed by atoms with Gasteiger partial charge >= 0.3 is 5.97 Å². The van der Waals surface area contributed by atoms with Crippen molar-refractivity contribution in [3.63, 3.8) is 0 Å². The number of aromatic nitrogens is 1. The van der Waals surface area contributed by atoms with Crippen molar-refractivity contribution in [1.29, 1.82) is 0 Å². The molecule has 3 saturated heterocycles. The summed E-state index contributed by atoms with van der Waals surface area (Å²) in [6.07, 6.45) is 8.62. The van der Waals surface area contributed by atoms with E-state index in [0.717, 1.165) is 40.0 Å². The molecule has 4 bridgehead atoms. The van der Waals surface area contributed by atoms with Gasteiger partial charge in [0.2, 0.25) is 0 Å². The van der Waals surface area contributed by atoms with E-state index in [1.165, 1.54) is 25.7 Å². The molecule has 0 amide bonds. The Labute approximate surface area is 210 Å². The lowest BCUT2D eigenvalue weighted by Gasteiger charge is -2.42. The fourth-order valence-electron chi connectivity index (χ4n) is 6.22. The summed E-state index contributed by atoms with van der Waals surface area (Å²) in [4.78, 5) is 22.7. The lowest BCUT2D eigenvalue weighted by Crippen LogP contribution is -2.51. The summed E-state index contributed by atoms with van der Waals surface area (Å²) < 4.78 is 5.60. The molecule has 2 aromatic rings. The number of anilines is 4. The highest BCUT2D eigenvalue weighted by Gasteiger charge is 2.50. The van der Waals surface area contributed by atoms with Crippen LogP contribution >= 0.6 is 0 Å². The molecule has 6 heterocycles. The summed E-state index contributed by atoms with van der Waals surface area (Å²) in [6, 6.07) is 12.0. The number of piperidine rings is 1. The molecule has 3 atom stereocenters. The molecule has 0 aliphatic carbocycles. The van der Waals surface area contributed by atoms with Gasteiger partial charge < -0.3 is 25.2 Å². The van der Waals surface area contributed by atoms with E-state index < -0.39 is 5.97 Å². The van der Waals surface area contributed by atoms with Crippen LogP contribution in [0.5, 0.6) is 5.75 Å². The van der Waals surface area contributed by atoms with Crippen molar-refractivity contribution in [2.24, 2.45) is 4.99 Å². The second-order valence-electron chi connectivity index (χ2n) is 10.5. The minimum absolute atomic E-state index is 0.476. The third-order valence-corrected chi connectivity index (χ3v) is 8.09. The van der Waals surface area contributed by atoms with Gasteiger partial charge in [0.1, 0.15) is 17.4 Å². The van der Waals surface area contributed by atoms with Crippen molar-refractivity contribution in [2.45, 2.75) is 56.7 Å². The van der Waals surface area contributed by atoms with Crippen molar-refractivity contribution < 1.29 is 9.57 Å². The molecule has 1 aromatic carbocycles. The highest BCUT2D eigenvalue weighted by atomic mass is 16.7. The normalized spacial score (nSPS) is 29.8. The predicted molar refractivity (Wildman–Crippen MR) is 140 cm³/mol. The van der Waals surface area contributed by atoms with Crippen LogP contribution in [-0.4, -0.2) is 61.0 Å². The van der Waals surface area contributed by atoms with E-state index in [1.807, 2.05) is 36.4 Å². The van der Waals surface area contributed by atoms with Crippen molar-refractivity contribution in [2.75, 3.05) is 41.3 Å². The summed E-state index contributed by atoms with van der Waals surface area (Å²) in [5, 5.41) is 6.74. The third-order valence-electron chi connectivity index (χ3n) is 8.09. The van der Waals surface area contributed by atoms with Crippen LogP contribution in [0, 0.1) is 0 Å². The van der Waals surface area contributed by atoms with Crippen LogP contribution in [-0.2, 0) is 4.84 Å². The maximum atomic E-state index is 6.06. The number of ether oxygens (including phenoxy) is 1. The SMILES string of the molecule is CC1=C2NOC(Nc3ccc(N4C5CCC4CC(N(C)C)C5)nc3)(N=C1)N2c1ccc2c(c1)NCO2. The molecule has 7 rings (SSSR count). The Morgan fingerprint density at radius 1 is 1.14 bits per heavy atom. The third kappa shape index (κ3) is 3.31. The van der Waals surface area contributed by atoms with Gasteiger partial charge in [-0.05, 0) is 77.0 Å². The Balaban J connectivity index is 1.15. The number of hydroxylamine groups is 1. The van der Waals surface area contributed by atoms with Gasteiger partial charge in [-0.3, -0.25) is 4.90 Å². The van der Waals surface area contributed by atoms with Crippen molar-refractivity contribution in [1.82, 2.24) is 15.4 Å². The Hall–Kier alpha value is -3.50. The highest BCUT2D eigenvalue weighted by Crippen LogP contribution is 2.43. The number of hydrogen-bond donors (Lipinski definition) is 3. The molecular formula is C26H32N8O2. The zero-order valence-electron chi connectivity index (χ0n) is 20.9. The molecule has 188 valence electrons. The van der Waals surface area contributed by atoms with Crippen LogP contribution in [0.3, 0.4) is 0 Å². The number of rotatable bonds is 5. The summed E-state index contributed by atoms with van der Waals surface area (Å²) >= 11 is 0. The van der Waals surface area contributed by atoms with Gasteiger partial charge in [-0.1, -0.05) is 0 Å². The first kappa shape index (κ1) is 21.8. The van der Waals surface area contributed by atoms with Crippen LogP contribution in [0.1, 0.15) is 32.6 Å². The van der Waals surface area contributed by atoms with Gasteiger partial charge in [0.25, 0.3) is 0 Å². The number of nitrogens with zero attached hydrogens (tertiary/aromatic N) is 5. The molecule has 3 N–H and O–H groups in total. The molecule has 1 aromatic heterocycles. The number of fused-ring (bicyclic) bond motifs is 5. The first-order chi connectivity index (χ1) is 17.5. The van der Waals surface area contributed by atoms with E-state index >= 15 is 0 Å². The van der Waals surface area contributed by atoms with Crippen molar-refractivity contribution >= 4 is 29.1 Å². The van der Waals surface area contributed by atoms with Gasteiger partial charge in [-0.25, -0.2) is 20.3 Å². The lowest BCUT2D eigenvalue weighted by molar-refractivity contribution is -0.0214. The maximum Gasteiger partial charge on any atom is 0.351 e. The van der Waals surface area contributed by atoms with E-state index in [2.05, 4.69) is 58.2 Å². The van der Waals surface area contributed by atoms with Crippen molar-refractivity contribution in [3.8, 4) is 5.75 Å². The number of benzene rings is 1. The van der Waals surface area contributed by atoms with E-state index in [1.54, 1.807) is 0 Å². The van der Waals surface area contributed by atoms with Crippen LogP contribution in [0.2, 0.25) is 0 Å². The number of aliphatic imine (C=N–C) groups is 1. The van der Waals surface area contributed by atoms with E-state index in [9.17, 15) is 0 Å². The predicted octanol–water partition coefficient (Wildman–Crippen LogP) is 3.29. The zero-order valence-corrected chi connectivity index (χ0v) is 20.9. The standard InChI is InChI=1S/C26H32N8O2/c1-16-13-29-26(34(25(16)31-36-26)20-7-8-23-22(12-20)28-15-35-23)30-17-4-9-24(27-14-17)33-18-5-6-19(33)11-21(10-18)32(2)3/h4,7-9,12-14,18-19,21,28,30-31H,5-6,10-11,15H2,1-3H3. The summed E-state index contributed by atoms with van der Waals surface area (Å²) in [6.45, 7) is 2.49. The average Bonchev–Trinajstić information content (AvgIpc) is 3.53. The first-order valence-electron chi connectivity index (χ1n) is 12.7. The van der Waals surface area contributed by atoms with Crippen molar-refractivity contribution in [3.05, 3.63) is 47.9 Å². The Morgan fingerprint density at radius 2 is 1.97 bits per heavy atom. The molecule has 0 spiro atoms. The van der Waals surface area contributed by atoms with Gasteiger partial charge in [0.05, 0.1) is 23.3 Å². The van der Waals surface area contributed by atoms with Crippen LogP contribution in [0.25, 0.3) is 0 Å². The largest absolute Gasteiger partial charge is 0.471 e. The molecule has 0 radical (unpaired) electrons. The monoisotopic (exact) mass is 488 g/mol. The smallest absolute Gasteiger partial charge is 0.351 e. The Morgan fingerprint density at radius 3 is 2.72 bits per heavy atom. The van der Waals surface area contributed by atoms with Crippen LogP contribution in [0.4, 0.5) is 22.9 Å². The lowest BCUT2D eigenvalue weighted by atomic mass is 9.96. The zero-order chi connectivity index (χ0) is 24.4. The summed E-state index contributed by atoms with van der Waals surface area (Å²) in [5.74, 6) is 1.59. The minimum atomic E-state index is -1.16. The highest BCUT2D eigenvalue weighted by molar-refractivity contribution is 5.85. The number of pyridine rings is 1. The van der Waals surface area contributed by atoms with Gasteiger partial charge in [-0.15, -0.1) is 0 Å². The molecule has 0 saturated carbocycles. The van der Waals surface area contributed by atoms with Gasteiger partial charge in [0.15, 0.2) is 6.73 Å². The molecule has 5 aliphatic heterocycles. The number of hydrogen-bond acceptors (Lipinski definition) is 10. The van der Waals surface area contributed by atoms with E-state index in [-0.39, 0.29) is 0 Å². The quantitative estimate of drug-likeness (QED) is 0.587. The fraction of sp³-hybridized carbons (Fsp3) is 0.462. The molecule has 10 nitrogen and oxygen atoms in total. The number of allylic oxidation sites excluding steroid dienone is 1. The number of nitrogens with one attached hydrogen (secondary N) is 3. The first-order valence-corrected chi connectivity index (χ1v) is 12.7. The molecule has 36 heavy (non-hydrogen) atoms. The Kier molecular flexibility index (Phi) is 4.84. The van der Waals surface area contributed by atoms with Gasteiger partial charge in [0, 0.05) is 29.9 Å². The van der Waals surface area contributed by atoms with E-state index in [4.69, 9.17) is 19.6 Å².